The van der Waals surface area contributed by atoms with E-state index in [1.54, 1.807) is 20.0 Å². The van der Waals surface area contributed by atoms with Crippen LogP contribution >= 0.6 is 0 Å². The third-order valence-corrected chi connectivity index (χ3v) is 2.50. The molecule has 0 aliphatic heterocycles. The van der Waals surface area contributed by atoms with Gasteiger partial charge in [-0.25, -0.2) is 9.97 Å². The number of hydrogen-bond acceptors (Lipinski definition) is 5. The van der Waals surface area contributed by atoms with Crippen LogP contribution in [-0.2, 0) is 4.79 Å². The van der Waals surface area contributed by atoms with Crippen LogP contribution in [0.2, 0.25) is 0 Å². The van der Waals surface area contributed by atoms with Crippen molar-refractivity contribution in [2.24, 2.45) is 5.41 Å². The Labute approximate surface area is 106 Å². The average Bonchev–Trinajstić information content (AvgIpc) is 2.34. The minimum absolute atomic E-state index is 0.0665. The molecule has 2 N–H and O–H groups in total. The highest BCUT2D eigenvalue weighted by molar-refractivity contribution is 5.82. The van der Waals surface area contributed by atoms with E-state index in [0.717, 1.165) is 0 Å². The normalized spacial score (nSPS) is 10.6. The van der Waals surface area contributed by atoms with Crippen molar-refractivity contribution in [3.8, 4) is 6.07 Å². The van der Waals surface area contributed by atoms with Crippen molar-refractivity contribution in [1.29, 1.82) is 5.26 Å². The topological polar surface area (TPSA) is 90.7 Å². The fourth-order valence-electron chi connectivity index (χ4n) is 1.42. The molecular weight excluding hydrogens is 230 g/mol. The highest BCUT2D eigenvalue weighted by Gasteiger charge is 2.26. The summed E-state index contributed by atoms with van der Waals surface area (Å²) in [5.74, 6) is 0.298. The molecule has 1 rings (SSSR count). The monoisotopic (exact) mass is 247 g/mol. The van der Waals surface area contributed by atoms with E-state index in [-0.39, 0.29) is 5.91 Å². The second-order valence-electron chi connectivity index (χ2n) is 4.65. The first-order chi connectivity index (χ1) is 8.39. The molecule has 1 aromatic rings. The Bertz CT molecular complexity index is 490. The maximum absolute atomic E-state index is 11.6. The number of nitriles is 1. The van der Waals surface area contributed by atoms with Gasteiger partial charge in [0.25, 0.3) is 0 Å². The Balaban J connectivity index is 2.78. The first kappa shape index (κ1) is 13.9. The number of carbonyl (C=O) groups excluding carboxylic acids is 1. The van der Waals surface area contributed by atoms with Gasteiger partial charge < -0.3 is 10.6 Å². The van der Waals surface area contributed by atoms with Crippen molar-refractivity contribution in [1.82, 2.24) is 15.3 Å². The van der Waals surface area contributed by atoms with Gasteiger partial charge in [0.1, 0.15) is 11.8 Å². The Morgan fingerprint density at radius 3 is 2.72 bits per heavy atom. The third kappa shape index (κ3) is 3.42. The van der Waals surface area contributed by atoms with E-state index in [1.807, 2.05) is 19.9 Å². The van der Waals surface area contributed by atoms with Crippen LogP contribution < -0.4 is 10.6 Å². The molecule has 96 valence electrons. The zero-order valence-electron chi connectivity index (χ0n) is 11.0. The minimum atomic E-state index is -0.575. The molecule has 1 amide bonds. The highest BCUT2D eigenvalue weighted by Crippen LogP contribution is 2.15. The summed E-state index contributed by atoms with van der Waals surface area (Å²) in [5.41, 5.74) is 0.443. The summed E-state index contributed by atoms with van der Waals surface area (Å²) in [6.45, 7) is 5.82. The highest BCUT2D eigenvalue weighted by atomic mass is 16.2. The van der Waals surface area contributed by atoms with Gasteiger partial charge in [-0.2, -0.15) is 5.26 Å². The number of aromatic nitrogens is 2. The minimum Gasteiger partial charge on any atom is -0.359 e. The van der Waals surface area contributed by atoms with Crippen molar-refractivity contribution in [2.45, 2.75) is 20.8 Å². The van der Waals surface area contributed by atoms with E-state index in [9.17, 15) is 4.79 Å². The van der Waals surface area contributed by atoms with Crippen LogP contribution in [0, 0.1) is 23.7 Å². The number of aryl methyl sites for hydroxylation is 1. The van der Waals surface area contributed by atoms with Crippen molar-refractivity contribution < 1.29 is 4.79 Å². The first-order valence-electron chi connectivity index (χ1n) is 5.61. The van der Waals surface area contributed by atoms with E-state index < -0.39 is 5.41 Å². The van der Waals surface area contributed by atoms with Gasteiger partial charge in [-0.3, -0.25) is 4.79 Å². The smallest absolute Gasteiger partial charge is 0.227 e. The number of nitrogens with zero attached hydrogens (tertiary/aromatic N) is 3. The van der Waals surface area contributed by atoms with Crippen LogP contribution in [0.5, 0.6) is 0 Å². The molecule has 0 atom stereocenters. The van der Waals surface area contributed by atoms with Crippen LogP contribution in [-0.4, -0.2) is 29.5 Å². The second-order valence-corrected chi connectivity index (χ2v) is 4.65. The fraction of sp³-hybridized carbons (Fsp3) is 0.500. The maximum atomic E-state index is 11.6. The Kier molecular flexibility index (Phi) is 4.21. The summed E-state index contributed by atoms with van der Waals surface area (Å²) >= 11 is 0. The largest absolute Gasteiger partial charge is 0.359 e. The second kappa shape index (κ2) is 5.45. The molecule has 1 heterocycles. The number of hydrogen-bond donors (Lipinski definition) is 2. The summed E-state index contributed by atoms with van der Waals surface area (Å²) in [5, 5.41) is 14.4. The molecule has 0 aliphatic rings. The number of rotatable bonds is 4. The summed E-state index contributed by atoms with van der Waals surface area (Å²) < 4.78 is 0. The molecule has 6 nitrogen and oxygen atoms in total. The molecule has 0 unspecified atom stereocenters. The molecule has 0 radical (unpaired) electrons. The van der Waals surface area contributed by atoms with Crippen molar-refractivity contribution in [3.05, 3.63) is 17.5 Å². The van der Waals surface area contributed by atoms with Gasteiger partial charge in [0.05, 0.1) is 5.41 Å². The maximum Gasteiger partial charge on any atom is 0.227 e. The molecule has 0 fully saturated rings. The van der Waals surface area contributed by atoms with Gasteiger partial charge in [0.2, 0.25) is 11.9 Å². The lowest BCUT2D eigenvalue weighted by Crippen LogP contribution is -2.39. The average molecular weight is 247 g/mol. The summed E-state index contributed by atoms with van der Waals surface area (Å²) in [7, 11) is 1.60. The molecule has 1 aromatic heterocycles. The molecule has 18 heavy (non-hydrogen) atoms. The number of amides is 1. The third-order valence-electron chi connectivity index (χ3n) is 2.50. The predicted molar refractivity (Wildman–Crippen MR) is 67.8 cm³/mol. The lowest BCUT2D eigenvalue weighted by atomic mass is 9.92. The van der Waals surface area contributed by atoms with E-state index in [1.165, 1.54) is 0 Å². The van der Waals surface area contributed by atoms with Gasteiger partial charge in [0, 0.05) is 19.3 Å². The van der Waals surface area contributed by atoms with Crippen molar-refractivity contribution in [2.75, 3.05) is 18.9 Å². The fourth-order valence-corrected chi connectivity index (χ4v) is 1.42. The standard InChI is InChI=1S/C12H17N5O/c1-8-5-9(6-13)17-11(16-8)15-7-12(2,3)10(18)14-4/h5H,7H2,1-4H3,(H,14,18)(H,15,16,17). The lowest BCUT2D eigenvalue weighted by Gasteiger charge is -2.22. The van der Waals surface area contributed by atoms with E-state index in [0.29, 0.717) is 23.9 Å². The molecule has 0 aromatic carbocycles. The molecule has 0 saturated carbocycles. The summed E-state index contributed by atoms with van der Waals surface area (Å²) in [4.78, 5) is 19.8. The van der Waals surface area contributed by atoms with E-state index in [4.69, 9.17) is 5.26 Å². The SMILES string of the molecule is CNC(=O)C(C)(C)CNc1nc(C)cc(C#N)n1. The summed E-state index contributed by atoms with van der Waals surface area (Å²) in [6.07, 6.45) is 0. The van der Waals surface area contributed by atoms with Gasteiger partial charge in [-0.1, -0.05) is 0 Å². The summed E-state index contributed by atoms with van der Waals surface area (Å²) in [6, 6.07) is 3.58. The van der Waals surface area contributed by atoms with Gasteiger partial charge >= 0.3 is 0 Å². The Morgan fingerprint density at radius 1 is 1.50 bits per heavy atom. The van der Waals surface area contributed by atoms with Crippen LogP contribution in [0.15, 0.2) is 6.07 Å². The molecule has 0 saturated heterocycles. The van der Waals surface area contributed by atoms with Crippen LogP contribution in [0.3, 0.4) is 0 Å². The van der Waals surface area contributed by atoms with Crippen LogP contribution in [0.1, 0.15) is 25.2 Å². The number of nitrogens with one attached hydrogen (secondary N) is 2. The first-order valence-corrected chi connectivity index (χ1v) is 5.61. The van der Waals surface area contributed by atoms with Gasteiger partial charge in [-0.15, -0.1) is 0 Å². The molecule has 0 aliphatic carbocycles. The van der Waals surface area contributed by atoms with Crippen molar-refractivity contribution >= 4 is 11.9 Å². The Morgan fingerprint density at radius 2 is 2.17 bits per heavy atom. The number of anilines is 1. The van der Waals surface area contributed by atoms with Gasteiger partial charge in [-0.05, 0) is 26.8 Å². The molecule has 6 heteroatoms. The Hall–Kier alpha value is -2.16. The predicted octanol–water partition coefficient (Wildman–Crippen LogP) is 0.841. The van der Waals surface area contributed by atoms with Crippen LogP contribution in [0.4, 0.5) is 5.95 Å². The molecule has 0 spiro atoms. The van der Waals surface area contributed by atoms with E-state index in [2.05, 4.69) is 20.6 Å². The lowest BCUT2D eigenvalue weighted by molar-refractivity contribution is -0.128. The van der Waals surface area contributed by atoms with E-state index >= 15 is 0 Å². The van der Waals surface area contributed by atoms with Gasteiger partial charge in [0.15, 0.2) is 0 Å². The molecular formula is C12H17N5O. The quantitative estimate of drug-likeness (QED) is 0.822. The van der Waals surface area contributed by atoms with Crippen molar-refractivity contribution in [3.63, 3.8) is 0 Å². The zero-order chi connectivity index (χ0) is 13.8. The number of carbonyl (C=O) groups is 1. The molecule has 0 bridgehead atoms. The van der Waals surface area contributed by atoms with Crippen LogP contribution in [0.25, 0.3) is 0 Å². The zero-order valence-corrected chi connectivity index (χ0v) is 11.0.